The third kappa shape index (κ3) is 5.97. The molecule has 1 N–H and O–H groups in total. The number of nitrogens with one attached hydrogen (secondary N) is 1. The monoisotopic (exact) mass is 265 g/mol. The van der Waals surface area contributed by atoms with Gasteiger partial charge < -0.3 is 14.8 Å². The Morgan fingerprint density at radius 2 is 1.79 bits per heavy atom. The Balaban J connectivity index is 2.43. The Hall–Kier alpha value is -1.22. The molecule has 0 aliphatic carbocycles. The van der Waals surface area contributed by atoms with Crippen LogP contribution in [0.3, 0.4) is 0 Å². The number of ether oxygens (including phenoxy) is 2. The Morgan fingerprint density at radius 3 is 2.42 bits per heavy atom. The van der Waals surface area contributed by atoms with Crippen LogP contribution in [0.2, 0.25) is 0 Å². The molecular weight excluding hydrogens is 238 g/mol. The van der Waals surface area contributed by atoms with Crippen molar-refractivity contribution >= 4 is 0 Å². The molecule has 19 heavy (non-hydrogen) atoms. The quantitative estimate of drug-likeness (QED) is 0.739. The maximum absolute atomic E-state index is 5.90. The van der Waals surface area contributed by atoms with Crippen molar-refractivity contribution in [2.45, 2.75) is 52.7 Å². The van der Waals surface area contributed by atoms with Gasteiger partial charge in [0.2, 0.25) is 0 Å². The van der Waals surface area contributed by atoms with Crippen LogP contribution in [-0.4, -0.2) is 25.3 Å². The topological polar surface area (TPSA) is 30.5 Å². The fraction of sp³-hybridized carbons (Fsp3) is 0.625. The lowest BCUT2D eigenvalue weighted by atomic mass is 10.1. The highest BCUT2D eigenvalue weighted by atomic mass is 16.5. The van der Waals surface area contributed by atoms with Crippen molar-refractivity contribution in [1.82, 2.24) is 5.32 Å². The number of hydrogen-bond acceptors (Lipinski definition) is 3. The second kappa shape index (κ2) is 8.81. The lowest BCUT2D eigenvalue weighted by Crippen LogP contribution is -2.36. The van der Waals surface area contributed by atoms with Crippen molar-refractivity contribution in [1.29, 1.82) is 0 Å². The predicted octanol–water partition coefficient (Wildman–Crippen LogP) is 3.63. The van der Waals surface area contributed by atoms with Crippen molar-refractivity contribution in [3.05, 3.63) is 24.3 Å². The average molecular weight is 265 g/mol. The van der Waals surface area contributed by atoms with Crippen molar-refractivity contribution in [3.8, 4) is 11.5 Å². The molecule has 0 saturated carbocycles. The van der Waals surface area contributed by atoms with E-state index in [2.05, 4.69) is 26.1 Å². The molecule has 1 unspecified atom stereocenters. The first-order valence-corrected chi connectivity index (χ1v) is 7.32. The van der Waals surface area contributed by atoms with E-state index in [-0.39, 0.29) is 6.10 Å². The molecule has 3 heteroatoms. The molecule has 0 aliphatic rings. The van der Waals surface area contributed by atoms with Gasteiger partial charge in [0.25, 0.3) is 0 Å². The van der Waals surface area contributed by atoms with Gasteiger partial charge in [0.05, 0.1) is 6.61 Å². The zero-order valence-electron chi connectivity index (χ0n) is 12.6. The van der Waals surface area contributed by atoms with Gasteiger partial charge in [-0.15, -0.1) is 0 Å². The van der Waals surface area contributed by atoms with Gasteiger partial charge in [0.15, 0.2) is 0 Å². The third-order valence-electron chi connectivity index (χ3n) is 3.13. The summed E-state index contributed by atoms with van der Waals surface area (Å²) >= 11 is 0. The Labute approximate surface area is 117 Å². The van der Waals surface area contributed by atoms with Crippen molar-refractivity contribution in [2.75, 3.05) is 13.2 Å². The van der Waals surface area contributed by atoms with E-state index in [1.165, 1.54) is 0 Å². The normalized spacial score (nSPS) is 12.5. The number of benzene rings is 1. The maximum Gasteiger partial charge on any atom is 0.123 e. The second-order valence-corrected chi connectivity index (χ2v) is 4.76. The van der Waals surface area contributed by atoms with Gasteiger partial charge in [-0.3, -0.25) is 0 Å². The molecular formula is C16H27NO2. The van der Waals surface area contributed by atoms with Crippen molar-refractivity contribution in [2.24, 2.45) is 0 Å². The highest BCUT2D eigenvalue weighted by Gasteiger charge is 2.08. The molecule has 108 valence electrons. The first-order chi connectivity index (χ1) is 9.19. The van der Waals surface area contributed by atoms with Crippen molar-refractivity contribution < 1.29 is 9.47 Å². The molecule has 0 bridgehead atoms. The molecule has 0 fully saturated rings. The zero-order chi connectivity index (χ0) is 14.1. The van der Waals surface area contributed by atoms with Gasteiger partial charge in [-0.1, -0.05) is 19.9 Å². The standard InChI is InChI=1S/C16H27NO2/c1-5-14(6-2)17-12-13(4)19-16-10-8-9-15(11-16)18-7-3/h8-11,13-14,17H,5-7,12H2,1-4H3. The first-order valence-electron chi connectivity index (χ1n) is 7.32. The van der Waals surface area contributed by atoms with E-state index < -0.39 is 0 Å². The van der Waals surface area contributed by atoms with Gasteiger partial charge in [0, 0.05) is 18.7 Å². The molecule has 1 aromatic carbocycles. The molecule has 0 aromatic heterocycles. The minimum Gasteiger partial charge on any atom is -0.494 e. The van der Waals surface area contributed by atoms with Crippen LogP contribution in [-0.2, 0) is 0 Å². The van der Waals surface area contributed by atoms with Crippen LogP contribution < -0.4 is 14.8 Å². The van der Waals surface area contributed by atoms with E-state index >= 15 is 0 Å². The SMILES string of the molecule is CCOc1cccc(OC(C)CNC(CC)CC)c1. The summed E-state index contributed by atoms with van der Waals surface area (Å²) in [4.78, 5) is 0. The van der Waals surface area contributed by atoms with Crippen LogP contribution in [0.4, 0.5) is 0 Å². The molecule has 0 radical (unpaired) electrons. The summed E-state index contributed by atoms with van der Waals surface area (Å²) in [6.45, 7) is 10.0. The van der Waals surface area contributed by atoms with Crippen LogP contribution in [0.25, 0.3) is 0 Å². The van der Waals surface area contributed by atoms with Gasteiger partial charge in [0.1, 0.15) is 17.6 Å². The Kier molecular flexibility index (Phi) is 7.34. The predicted molar refractivity (Wildman–Crippen MR) is 80.1 cm³/mol. The van der Waals surface area contributed by atoms with Gasteiger partial charge in [-0.05, 0) is 38.8 Å². The number of rotatable bonds is 9. The molecule has 0 aliphatic heterocycles. The van der Waals surface area contributed by atoms with E-state index in [4.69, 9.17) is 9.47 Å². The minimum atomic E-state index is 0.150. The largest absolute Gasteiger partial charge is 0.494 e. The summed E-state index contributed by atoms with van der Waals surface area (Å²) in [6, 6.07) is 8.40. The molecule has 3 nitrogen and oxygen atoms in total. The first kappa shape index (κ1) is 15.8. The Bertz CT molecular complexity index is 350. The number of hydrogen-bond donors (Lipinski definition) is 1. The highest BCUT2D eigenvalue weighted by Crippen LogP contribution is 2.20. The van der Waals surface area contributed by atoms with Crippen LogP contribution in [0, 0.1) is 0 Å². The van der Waals surface area contributed by atoms with Gasteiger partial charge in [-0.2, -0.15) is 0 Å². The van der Waals surface area contributed by atoms with Gasteiger partial charge >= 0.3 is 0 Å². The lowest BCUT2D eigenvalue weighted by Gasteiger charge is -2.20. The summed E-state index contributed by atoms with van der Waals surface area (Å²) < 4.78 is 11.4. The second-order valence-electron chi connectivity index (χ2n) is 4.76. The van der Waals surface area contributed by atoms with Crippen LogP contribution in [0.15, 0.2) is 24.3 Å². The van der Waals surface area contributed by atoms with E-state index in [0.717, 1.165) is 30.9 Å². The summed E-state index contributed by atoms with van der Waals surface area (Å²) in [5, 5.41) is 3.52. The smallest absolute Gasteiger partial charge is 0.123 e. The average Bonchev–Trinajstić information content (AvgIpc) is 2.40. The summed E-state index contributed by atoms with van der Waals surface area (Å²) in [5.74, 6) is 1.73. The fourth-order valence-electron chi connectivity index (χ4n) is 1.99. The zero-order valence-corrected chi connectivity index (χ0v) is 12.6. The fourth-order valence-corrected chi connectivity index (χ4v) is 1.99. The molecule has 0 amide bonds. The molecule has 1 aromatic rings. The van der Waals surface area contributed by atoms with E-state index in [1.54, 1.807) is 0 Å². The van der Waals surface area contributed by atoms with Crippen LogP contribution in [0.5, 0.6) is 11.5 Å². The van der Waals surface area contributed by atoms with E-state index in [0.29, 0.717) is 12.6 Å². The summed E-state index contributed by atoms with van der Waals surface area (Å²) in [6.07, 6.45) is 2.46. The van der Waals surface area contributed by atoms with Crippen LogP contribution >= 0.6 is 0 Å². The lowest BCUT2D eigenvalue weighted by molar-refractivity contribution is 0.209. The Morgan fingerprint density at radius 1 is 1.11 bits per heavy atom. The molecule has 0 saturated heterocycles. The highest BCUT2D eigenvalue weighted by molar-refractivity contribution is 5.33. The summed E-state index contributed by atoms with van der Waals surface area (Å²) in [5.41, 5.74) is 0. The van der Waals surface area contributed by atoms with E-state index in [1.807, 2.05) is 31.2 Å². The summed E-state index contributed by atoms with van der Waals surface area (Å²) in [7, 11) is 0. The van der Waals surface area contributed by atoms with Crippen LogP contribution in [0.1, 0.15) is 40.5 Å². The van der Waals surface area contributed by atoms with Crippen molar-refractivity contribution in [3.63, 3.8) is 0 Å². The molecule has 1 atom stereocenters. The van der Waals surface area contributed by atoms with E-state index in [9.17, 15) is 0 Å². The molecule has 0 heterocycles. The molecule has 0 spiro atoms. The minimum absolute atomic E-state index is 0.150. The molecule has 1 rings (SSSR count). The van der Waals surface area contributed by atoms with Gasteiger partial charge in [-0.25, -0.2) is 0 Å². The third-order valence-corrected chi connectivity index (χ3v) is 3.13. The maximum atomic E-state index is 5.90.